The third-order valence-electron chi connectivity index (χ3n) is 6.65. The number of amides is 2. The van der Waals surface area contributed by atoms with Gasteiger partial charge in [-0.2, -0.15) is 0 Å². The highest BCUT2D eigenvalue weighted by molar-refractivity contribution is 7.93. The van der Waals surface area contributed by atoms with Crippen molar-refractivity contribution in [2.45, 2.75) is 43.0 Å². The second-order valence-electron chi connectivity index (χ2n) is 9.07. The van der Waals surface area contributed by atoms with E-state index in [0.717, 1.165) is 36.1 Å². The number of carbonyl (C=O) groups excluding carboxylic acids is 2. The third kappa shape index (κ3) is 4.58. The van der Waals surface area contributed by atoms with Crippen LogP contribution in [0.3, 0.4) is 0 Å². The summed E-state index contributed by atoms with van der Waals surface area (Å²) in [6.07, 6.45) is 5.16. The van der Waals surface area contributed by atoms with E-state index in [-0.39, 0.29) is 22.5 Å². The smallest absolute Gasteiger partial charge is 0.265 e. The van der Waals surface area contributed by atoms with Gasteiger partial charge in [-0.15, -0.1) is 0 Å². The number of sulfonamides is 1. The lowest BCUT2D eigenvalue weighted by atomic mass is 9.95. The summed E-state index contributed by atoms with van der Waals surface area (Å²) in [5, 5.41) is 5.74. The van der Waals surface area contributed by atoms with Gasteiger partial charge in [0.05, 0.1) is 21.8 Å². The van der Waals surface area contributed by atoms with Crippen molar-refractivity contribution in [3.05, 3.63) is 78.1 Å². The Kier molecular flexibility index (Phi) is 6.49. The van der Waals surface area contributed by atoms with Crippen LogP contribution in [-0.2, 0) is 14.8 Å². The number of para-hydroxylation sites is 1. The Morgan fingerprint density at radius 2 is 1.64 bits per heavy atom. The molecule has 2 N–H and O–H groups in total. The number of nitrogens with one attached hydrogen (secondary N) is 2. The monoisotopic (exact) mass is 507 g/mol. The molecule has 186 valence electrons. The molecule has 3 aromatic rings. The summed E-state index contributed by atoms with van der Waals surface area (Å²) in [5.41, 5.74) is 1.60. The van der Waals surface area contributed by atoms with Gasteiger partial charge in [-0.3, -0.25) is 13.9 Å². The quantitative estimate of drug-likeness (QED) is 0.523. The molecule has 1 aliphatic heterocycles. The molecule has 1 fully saturated rings. The molecule has 0 radical (unpaired) electrons. The normalized spacial score (nSPS) is 16.5. The average molecular weight is 508 g/mol. The summed E-state index contributed by atoms with van der Waals surface area (Å²) >= 11 is 0. The van der Waals surface area contributed by atoms with Crippen molar-refractivity contribution in [2.75, 3.05) is 16.2 Å². The van der Waals surface area contributed by atoms with Crippen molar-refractivity contribution < 1.29 is 22.4 Å². The fraction of sp³-hybridized carbons (Fsp3) is 0.259. The van der Waals surface area contributed by atoms with Gasteiger partial charge in [-0.1, -0.05) is 49.6 Å². The van der Waals surface area contributed by atoms with Crippen LogP contribution in [0.4, 0.5) is 15.8 Å². The Labute approximate surface area is 209 Å². The van der Waals surface area contributed by atoms with Gasteiger partial charge in [0.2, 0.25) is 5.91 Å². The second kappa shape index (κ2) is 9.73. The van der Waals surface area contributed by atoms with Crippen LogP contribution in [0.25, 0.3) is 11.1 Å². The summed E-state index contributed by atoms with van der Waals surface area (Å²) in [7, 11) is -4.07. The summed E-state index contributed by atoms with van der Waals surface area (Å²) in [4.78, 5) is 26.0. The molecule has 36 heavy (non-hydrogen) atoms. The molecule has 0 aromatic heterocycles. The lowest BCUT2D eigenvalue weighted by Gasteiger charge is -2.31. The molecular weight excluding hydrogens is 481 g/mol. The highest BCUT2D eigenvalue weighted by Gasteiger charge is 2.36. The van der Waals surface area contributed by atoms with Crippen LogP contribution in [0.2, 0.25) is 0 Å². The molecule has 0 unspecified atom stereocenters. The van der Waals surface area contributed by atoms with Crippen LogP contribution >= 0.6 is 0 Å². The van der Waals surface area contributed by atoms with Gasteiger partial charge in [-0.25, -0.2) is 12.8 Å². The van der Waals surface area contributed by atoms with Crippen LogP contribution in [0.1, 0.15) is 42.5 Å². The Morgan fingerprint density at radius 1 is 0.917 bits per heavy atom. The number of benzene rings is 3. The fourth-order valence-electron chi connectivity index (χ4n) is 4.89. The molecule has 3 aromatic carbocycles. The van der Waals surface area contributed by atoms with E-state index in [1.165, 1.54) is 24.6 Å². The molecule has 5 rings (SSSR count). The molecule has 1 saturated carbocycles. The van der Waals surface area contributed by atoms with Crippen LogP contribution in [-0.4, -0.2) is 32.8 Å². The molecule has 0 spiro atoms. The molecule has 0 saturated heterocycles. The Balaban J connectivity index is 1.40. The first-order valence-electron chi connectivity index (χ1n) is 12.0. The zero-order valence-electron chi connectivity index (χ0n) is 19.5. The summed E-state index contributed by atoms with van der Waals surface area (Å²) in [5.74, 6) is -1.41. The average Bonchev–Trinajstić information content (AvgIpc) is 2.88. The predicted molar refractivity (Wildman–Crippen MR) is 136 cm³/mol. The van der Waals surface area contributed by atoms with Crippen LogP contribution < -0.4 is 14.9 Å². The zero-order chi connectivity index (χ0) is 25.3. The molecule has 9 heteroatoms. The van der Waals surface area contributed by atoms with E-state index in [9.17, 15) is 22.4 Å². The molecule has 1 heterocycles. The minimum atomic E-state index is -4.07. The predicted octanol–water partition coefficient (Wildman–Crippen LogP) is 4.70. The van der Waals surface area contributed by atoms with Crippen molar-refractivity contribution in [2.24, 2.45) is 0 Å². The number of nitrogens with zero attached hydrogens (tertiary/aromatic N) is 1. The lowest BCUT2D eigenvalue weighted by Crippen LogP contribution is -2.40. The van der Waals surface area contributed by atoms with E-state index in [1.54, 1.807) is 42.5 Å². The minimum absolute atomic E-state index is 0.00293. The summed E-state index contributed by atoms with van der Waals surface area (Å²) in [6.45, 7) is -0.534. The summed E-state index contributed by atoms with van der Waals surface area (Å²) in [6, 6.07) is 16.8. The zero-order valence-corrected chi connectivity index (χ0v) is 20.4. The Morgan fingerprint density at radius 3 is 2.44 bits per heavy atom. The largest absolute Gasteiger partial charge is 0.349 e. The first-order valence-corrected chi connectivity index (χ1v) is 13.4. The van der Waals surface area contributed by atoms with Crippen LogP contribution in [0.15, 0.2) is 71.6 Å². The van der Waals surface area contributed by atoms with E-state index in [4.69, 9.17) is 0 Å². The minimum Gasteiger partial charge on any atom is -0.349 e. The van der Waals surface area contributed by atoms with E-state index >= 15 is 0 Å². The SMILES string of the molecule is O=C(CN1c2ccc(F)cc2-c2ccccc2S1(=O)=O)Nc1ccccc1C(=O)NC1CCCCC1. The number of anilines is 2. The van der Waals surface area contributed by atoms with Gasteiger partial charge < -0.3 is 10.6 Å². The van der Waals surface area contributed by atoms with Crippen LogP contribution in [0.5, 0.6) is 0 Å². The van der Waals surface area contributed by atoms with Gasteiger partial charge >= 0.3 is 0 Å². The van der Waals surface area contributed by atoms with Crippen molar-refractivity contribution in [1.82, 2.24) is 5.32 Å². The number of fused-ring (bicyclic) bond motifs is 3. The maximum atomic E-state index is 14.1. The molecule has 1 aliphatic carbocycles. The highest BCUT2D eigenvalue weighted by Crippen LogP contribution is 2.43. The molecule has 2 aliphatic rings. The summed E-state index contributed by atoms with van der Waals surface area (Å²) < 4.78 is 41.9. The van der Waals surface area contributed by atoms with Crippen molar-refractivity contribution in [3.63, 3.8) is 0 Å². The van der Waals surface area contributed by atoms with Crippen LogP contribution in [0, 0.1) is 5.82 Å². The van der Waals surface area contributed by atoms with Gasteiger partial charge in [0.15, 0.2) is 0 Å². The van der Waals surface area contributed by atoms with Gasteiger partial charge in [0.1, 0.15) is 12.4 Å². The standard InChI is InChI=1S/C27H26FN3O4S/c28-18-14-15-24-22(16-18)20-10-5-7-13-25(20)36(34,35)31(24)17-26(32)30-23-12-6-4-11-21(23)27(33)29-19-8-2-1-3-9-19/h4-7,10-16,19H,1-3,8-9,17H2,(H,29,33)(H,30,32). The molecule has 0 atom stereocenters. The maximum Gasteiger partial charge on any atom is 0.265 e. The van der Waals surface area contributed by atoms with Crippen molar-refractivity contribution in [3.8, 4) is 11.1 Å². The van der Waals surface area contributed by atoms with E-state index in [1.807, 2.05) is 0 Å². The first kappa shape index (κ1) is 24.0. The van der Waals surface area contributed by atoms with Gasteiger partial charge in [0.25, 0.3) is 15.9 Å². The van der Waals surface area contributed by atoms with Crippen molar-refractivity contribution in [1.29, 1.82) is 0 Å². The Bertz CT molecular complexity index is 1430. The second-order valence-corrected chi connectivity index (χ2v) is 10.9. The number of hydrogen-bond donors (Lipinski definition) is 2. The Hall–Kier alpha value is -3.72. The van der Waals surface area contributed by atoms with E-state index < -0.39 is 28.3 Å². The van der Waals surface area contributed by atoms with Crippen molar-refractivity contribution >= 4 is 33.2 Å². The molecule has 2 amide bonds. The number of halogens is 1. The van der Waals surface area contributed by atoms with E-state index in [2.05, 4.69) is 10.6 Å². The number of hydrogen-bond acceptors (Lipinski definition) is 4. The van der Waals surface area contributed by atoms with Gasteiger partial charge in [0, 0.05) is 17.2 Å². The topological polar surface area (TPSA) is 95.6 Å². The highest BCUT2D eigenvalue weighted by atomic mass is 32.2. The molecular formula is C27H26FN3O4S. The number of carbonyl (C=O) groups is 2. The lowest BCUT2D eigenvalue weighted by molar-refractivity contribution is -0.114. The number of rotatable bonds is 5. The fourth-order valence-corrected chi connectivity index (χ4v) is 6.54. The molecule has 7 nitrogen and oxygen atoms in total. The third-order valence-corrected chi connectivity index (χ3v) is 8.46. The first-order chi connectivity index (χ1) is 17.3. The van der Waals surface area contributed by atoms with E-state index in [0.29, 0.717) is 22.4 Å². The maximum absolute atomic E-state index is 14.1. The molecule has 0 bridgehead atoms. The van der Waals surface area contributed by atoms with Gasteiger partial charge in [-0.05, 0) is 49.2 Å².